The molecule has 1 aromatic heterocycles. The van der Waals surface area contributed by atoms with Crippen LogP contribution in [0, 0.1) is 0 Å². The number of carbonyl (C=O) groups excluding carboxylic acids is 1. The van der Waals surface area contributed by atoms with Crippen LogP contribution in [0.3, 0.4) is 0 Å². The summed E-state index contributed by atoms with van der Waals surface area (Å²) in [6.07, 6.45) is -1.54. The highest BCUT2D eigenvalue weighted by molar-refractivity contribution is 5.95. The minimum atomic E-state index is -4.49. The number of aliphatic carboxylic acids is 1. The van der Waals surface area contributed by atoms with E-state index in [2.05, 4.69) is 10.4 Å². The Morgan fingerprint density at radius 2 is 1.96 bits per heavy atom. The Hall–Kier alpha value is -2.84. The minimum Gasteiger partial charge on any atom is -0.479 e. The molecule has 1 amide bonds. The van der Waals surface area contributed by atoms with E-state index in [1.165, 1.54) is 43.1 Å². The summed E-state index contributed by atoms with van der Waals surface area (Å²) in [6, 6.07) is 4.65. The van der Waals surface area contributed by atoms with Crippen LogP contribution < -0.4 is 5.32 Å². The van der Waals surface area contributed by atoms with E-state index in [1.54, 1.807) is 6.92 Å². The van der Waals surface area contributed by atoms with Crippen molar-refractivity contribution in [2.75, 3.05) is 5.32 Å². The molecule has 1 atom stereocenters. The fourth-order valence-electron chi connectivity index (χ4n) is 2.52. The number of alkyl halides is 3. The smallest absolute Gasteiger partial charge is 0.416 e. The Balaban J connectivity index is 2.22. The van der Waals surface area contributed by atoms with Crippen LogP contribution in [0.15, 0.2) is 36.7 Å². The Labute approximate surface area is 154 Å². The van der Waals surface area contributed by atoms with Gasteiger partial charge in [-0.15, -0.1) is 0 Å². The largest absolute Gasteiger partial charge is 0.479 e. The molecular formula is C18H20F3N3O3. The molecule has 0 bridgehead atoms. The van der Waals surface area contributed by atoms with Gasteiger partial charge in [0.25, 0.3) is 0 Å². The summed E-state index contributed by atoms with van der Waals surface area (Å²) >= 11 is 0. The third kappa shape index (κ3) is 4.47. The maximum atomic E-state index is 12.9. The normalized spacial score (nSPS) is 13.3. The second-order valence-corrected chi connectivity index (χ2v) is 6.61. The summed E-state index contributed by atoms with van der Waals surface area (Å²) in [5.41, 5.74) is -1.61. The highest BCUT2D eigenvalue weighted by atomic mass is 19.4. The summed E-state index contributed by atoms with van der Waals surface area (Å²) < 4.78 is 39.9. The van der Waals surface area contributed by atoms with E-state index >= 15 is 0 Å². The molecule has 0 aliphatic heterocycles. The van der Waals surface area contributed by atoms with Gasteiger partial charge < -0.3 is 10.4 Å². The van der Waals surface area contributed by atoms with Gasteiger partial charge in [0.15, 0.2) is 5.54 Å². The van der Waals surface area contributed by atoms with Crippen molar-refractivity contribution in [1.29, 1.82) is 0 Å². The monoisotopic (exact) mass is 383 g/mol. The van der Waals surface area contributed by atoms with E-state index in [4.69, 9.17) is 0 Å². The van der Waals surface area contributed by atoms with Gasteiger partial charge in [-0.3, -0.25) is 9.48 Å². The minimum absolute atomic E-state index is 0.253. The lowest BCUT2D eigenvalue weighted by Crippen LogP contribution is -2.35. The number of carbonyl (C=O) groups is 2. The van der Waals surface area contributed by atoms with E-state index in [0.29, 0.717) is 6.42 Å². The Morgan fingerprint density at radius 3 is 2.52 bits per heavy atom. The Bertz CT molecular complexity index is 844. The zero-order chi connectivity index (χ0) is 20.4. The van der Waals surface area contributed by atoms with Crippen molar-refractivity contribution >= 4 is 17.6 Å². The van der Waals surface area contributed by atoms with Crippen molar-refractivity contribution in [3.8, 4) is 0 Å². The SMILES string of the molecule is CCC(C(=O)Nc1cnn(C(C)(C)C(=O)O)c1)c1cccc(C(F)(F)F)c1. The molecule has 0 aliphatic rings. The predicted molar refractivity (Wildman–Crippen MR) is 92.3 cm³/mol. The first kappa shape index (κ1) is 20.5. The maximum absolute atomic E-state index is 12.9. The van der Waals surface area contributed by atoms with Gasteiger partial charge in [-0.05, 0) is 31.9 Å². The summed E-state index contributed by atoms with van der Waals surface area (Å²) in [5.74, 6) is -2.38. The summed E-state index contributed by atoms with van der Waals surface area (Å²) in [7, 11) is 0. The molecule has 2 aromatic rings. The van der Waals surface area contributed by atoms with Gasteiger partial charge in [0.1, 0.15) is 0 Å². The number of carboxylic acid groups (broad SMARTS) is 1. The van der Waals surface area contributed by atoms with Crippen LogP contribution in [0.4, 0.5) is 18.9 Å². The first-order valence-electron chi connectivity index (χ1n) is 8.23. The molecular weight excluding hydrogens is 363 g/mol. The molecule has 27 heavy (non-hydrogen) atoms. The zero-order valence-corrected chi connectivity index (χ0v) is 15.0. The Morgan fingerprint density at radius 1 is 1.30 bits per heavy atom. The zero-order valence-electron chi connectivity index (χ0n) is 15.0. The van der Waals surface area contributed by atoms with Crippen molar-refractivity contribution < 1.29 is 27.9 Å². The number of rotatable bonds is 6. The topological polar surface area (TPSA) is 84.2 Å². The van der Waals surface area contributed by atoms with Crippen molar-refractivity contribution in [3.05, 3.63) is 47.8 Å². The molecule has 6 nitrogen and oxygen atoms in total. The van der Waals surface area contributed by atoms with Crippen LogP contribution in [-0.4, -0.2) is 26.8 Å². The van der Waals surface area contributed by atoms with Gasteiger partial charge in [0.05, 0.1) is 23.4 Å². The van der Waals surface area contributed by atoms with Gasteiger partial charge in [-0.2, -0.15) is 18.3 Å². The first-order chi connectivity index (χ1) is 12.5. The lowest BCUT2D eigenvalue weighted by atomic mass is 9.94. The standard InChI is InChI=1S/C18H20F3N3O3/c1-4-14(11-6-5-7-12(8-11)18(19,20)21)15(25)23-13-9-22-24(10-13)17(2,3)16(26)27/h5-10,14H,4H2,1-3H3,(H,23,25)(H,26,27). The fraction of sp³-hybridized carbons (Fsp3) is 0.389. The van der Waals surface area contributed by atoms with Gasteiger partial charge in [-0.1, -0.05) is 25.1 Å². The van der Waals surface area contributed by atoms with Crippen molar-refractivity contribution in [2.24, 2.45) is 0 Å². The molecule has 1 unspecified atom stereocenters. The number of halogens is 3. The quantitative estimate of drug-likeness (QED) is 0.794. The van der Waals surface area contributed by atoms with Gasteiger partial charge >= 0.3 is 12.1 Å². The third-order valence-electron chi connectivity index (χ3n) is 4.29. The van der Waals surface area contributed by atoms with E-state index in [9.17, 15) is 27.9 Å². The number of hydrogen-bond acceptors (Lipinski definition) is 3. The van der Waals surface area contributed by atoms with Crippen molar-refractivity contribution in [3.63, 3.8) is 0 Å². The van der Waals surface area contributed by atoms with E-state index in [-0.39, 0.29) is 11.3 Å². The number of hydrogen-bond donors (Lipinski definition) is 2. The highest BCUT2D eigenvalue weighted by Gasteiger charge is 2.32. The molecule has 0 saturated heterocycles. The van der Waals surface area contributed by atoms with Crippen LogP contribution in [-0.2, 0) is 21.3 Å². The Kier molecular flexibility index (Phi) is 5.62. The molecule has 1 aromatic carbocycles. The molecule has 1 heterocycles. The number of aromatic nitrogens is 2. The third-order valence-corrected chi connectivity index (χ3v) is 4.29. The van der Waals surface area contributed by atoms with Crippen LogP contribution >= 0.6 is 0 Å². The van der Waals surface area contributed by atoms with Crippen LogP contribution in [0.1, 0.15) is 44.2 Å². The number of carboxylic acids is 1. The van der Waals surface area contributed by atoms with Crippen molar-refractivity contribution in [1.82, 2.24) is 9.78 Å². The average Bonchev–Trinajstić information content (AvgIpc) is 3.04. The van der Waals surface area contributed by atoms with E-state index in [0.717, 1.165) is 12.1 Å². The molecule has 146 valence electrons. The second-order valence-electron chi connectivity index (χ2n) is 6.61. The molecule has 0 radical (unpaired) electrons. The summed E-state index contributed by atoms with van der Waals surface area (Å²) in [4.78, 5) is 23.8. The van der Waals surface area contributed by atoms with Crippen LogP contribution in [0.2, 0.25) is 0 Å². The first-order valence-corrected chi connectivity index (χ1v) is 8.23. The number of amides is 1. The highest BCUT2D eigenvalue weighted by Crippen LogP contribution is 2.32. The second kappa shape index (κ2) is 7.42. The molecule has 0 aliphatic carbocycles. The van der Waals surface area contributed by atoms with E-state index < -0.39 is 35.1 Å². The van der Waals surface area contributed by atoms with Gasteiger partial charge in [0.2, 0.25) is 5.91 Å². The van der Waals surface area contributed by atoms with E-state index in [1.807, 2.05) is 0 Å². The summed E-state index contributed by atoms with van der Waals surface area (Å²) in [6.45, 7) is 4.60. The van der Waals surface area contributed by atoms with Crippen LogP contribution in [0.25, 0.3) is 0 Å². The molecule has 0 saturated carbocycles. The fourth-order valence-corrected chi connectivity index (χ4v) is 2.52. The molecule has 9 heteroatoms. The predicted octanol–water partition coefficient (Wildman–Crippen LogP) is 3.85. The molecule has 0 spiro atoms. The number of nitrogens with zero attached hydrogens (tertiary/aromatic N) is 2. The average molecular weight is 383 g/mol. The lowest BCUT2D eigenvalue weighted by molar-refractivity contribution is -0.146. The maximum Gasteiger partial charge on any atom is 0.416 e. The van der Waals surface area contributed by atoms with Crippen LogP contribution in [0.5, 0.6) is 0 Å². The van der Waals surface area contributed by atoms with Gasteiger partial charge in [0, 0.05) is 6.20 Å². The van der Waals surface area contributed by atoms with Crippen molar-refractivity contribution in [2.45, 2.75) is 44.8 Å². The number of benzene rings is 1. The summed E-state index contributed by atoms with van der Waals surface area (Å²) in [5, 5.41) is 15.7. The molecule has 2 N–H and O–H groups in total. The van der Waals surface area contributed by atoms with Gasteiger partial charge in [-0.25, -0.2) is 4.79 Å². The molecule has 0 fully saturated rings. The lowest BCUT2D eigenvalue weighted by Gasteiger charge is -2.19. The number of anilines is 1. The number of nitrogens with one attached hydrogen (secondary N) is 1. The molecule has 2 rings (SSSR count).